The maximum absolute atomic E-state index is 12.6. The number of halogens is 3. The second-order valence-corrected chi connectivity index (χ2v) is 5.10. The lowest BCUT2D eigenvalue weighted by atomic mass is 10.1. The second-order valence-electron chi connectivity index (χ2n) is 5.10. The Bertz CT molecular complexity index is 688. The van der Waals surface area contributed by atoms with Crippen LogP contribution >= 0.6 is 0 Å². The molecule has 0 radical (unpaired) electrons. The number of aromatic nitrogens is 1. The number of aryl methyl sites for hydroxylation is 1. The van der Waals surface area contributed by atoms with E-state index in [1.54, 1.807) is 0 Å². The normalized spacial score (nSPS) is 11.2. The van der Waals surface area contributed by atoms with Crippen LogP contribution < -0.4 is 10.1 Å². The van der Waals surface area contributed by atoms with Gasteiger partial charge in [0.25, 0.3) is 5.91 Å². The molecule has 0 unspecified atom stereocenters. The summed E-state index contributed by atoms with van der Waals surface area (Å²) in [6.07, 6.45) is -3.94. The number of ether oxygens (including phenoxy) is 1. The van der Waals surface area contributed by atoms with Crippen LogP contribution in [0.3, 0.4) is 0 Å². The van der Waals surface area contributed by atoms with Gasteiger partial charge in [0.15, 0.2) is 0 Å². The van der Waals surface area contributed by atoms with Crippen molar-refractivity contribution in [2.24, 2.45) is 0 Å². The highest BCUT2D eigenvalue weighted by Gasteiger charge is 2.33. The van der Waals surface area contributed by atoms with Crippen LogP contribution in [0, 0.1) is 6.92 Å². The Balaban J connectivity index is 1.80. The molecule has 0 aliphatic rings. The molecule has 0 bridgehead atoms. The summed E-state index contributed by atoms with van der Waals surface area (Å²) >= 11 is 0. The smallest absolute Gasteiger partial charge is 0.433 e. The lowest BCUT2D eigenvalue weighted by Gasteiger charge is -2.11. The third-order valence-electron chi connectivity index (χ3n) is 3.24. The van der Waals surface area contributed by atoms with E-state index in [0.717, 1.165) is 17.9 Å². The van der Waals surface area contributed by atoms with Crippen molar-refractivity contribution in [1.82, 2.24) is 10.3 Å². The minimum Gasteiger partial charge on any atom is -0.494 e. The van der Waals surface area contributed by atoms with Gasteiger partial charge in [-0.2, -0.15) is 13.2 Å². The van der Waals surface area contributed by atoms with Gasteiger partial charge in [-0.05, 0) is 37.6 Å². The standard InChI is InChI=1S/C17H17F3N2O2/c1-12-14(8-9-15(22-12)17(18,19)20)16(23)21-10-5-11-24-13-6-3-2-4-7-13/h2-4,6-9H,5,10-11H2,1H3,(H,21,23). The van der Waals surface area contributed by atoms with Gasteiger partial charge in [-0.25, -0.2) is 4.98 Å². The molecule has 1 aromatic carbocycles. The maximum atomic E-state index is 12.6. The van der Waals surface area contributed by atoms with Crippen LogP contribution in [0.5, 0.6) is 5.75 Å². The molecule has 7 heteroatoms. The molecule has 2 rings (SSSR count). The van der Waals surface area contributed by atoms with Gasteiger partial charge in [0.05, 0.1) is 17.9 Å². The summed E-state index contributed by atoms with van der Waals surface area (Å²) in [6, 6.07) is 11.2. The number of benzene rings is 1. The zero-order chi connectivity index (χ0) is 17.6. The first kappa shape index (κ1) is 17.8. The summed E-state index contributed by atoms with van der Waals surface area (Å²) < 4.78 is 43.1. The molecule has 0 aliphatic heterocycles. The molecule has 1 amide bonds. The van der Waals surface area contributed by atoms with Crippen LogP contribution in [-0.2, 0) is 6.18 Å². The molecule has 4 nitrogen and oxygen atoms in total. The quantitative estimate of drug-likeness (QED) is 0.819. The van der Waals surface area contributed by atoms with Gasteiger partial charge in [-0.1, -0.05) is 18.2 Å². The number of carbonyl (C=O) groups is 1. The highest BCUT2D eigenvalue weighted by atomic mass is 19.4. The lowest BCUT2D eigenvalue weighted by molar-refractivity contribution is -0.141. The first-order chi connectivity index (χ1) is 11.4. The molecular weight excluding hydrogens is 321 g/mol. The van der Waals surface area contributed by atoms with Crippen LogP contribution in [0.4, 0.5) is 13.2 Å². The average molecular weight is 338 g/mol. The summed E-state index contributed by atoms with van der Waals surface area (Å²) in [5.74, 6) is 0.292. The fraction of sp³-hybridized carbons (Fsp3) is 0.294. The summed E-state index contributed by atoms with van der Waals surface area (Å²) in [4.78, 5) is 15.4. The molecule has 0 aliphatic carbocycles. The predicted molar refractivity (Wildman–Crippen MR) is 82.9 cm³/mol. The fourth-order valence-electron chi connectivity index (χ4n) is 2.03. The third kappa shape index (κ3) is 4.97. The molecule has 0 saturated heterocycles. The van der Waals surface area contributed by atoms with Crippen molar-refractivity contribution in [3.63, 3.8) is 0 Å². The van der Waals surface area contributed by atoms with Gasteiger partial charge in [0.1, 0.15) is 11.4 Å². The number of carbonyl (C=O) groups excluding carboxylic acids is 1. The van der Waals surface area contributed by atoms with Crippen molar-refractivity contribution in [1.29, 1.82) is 0 Å². The third-order valence-corrected chi connectivity index (χ3v) is 3.24. The monoisotopic (exact) mass is 338 g/mol. The summed E-state index contributed by atoms with van der Waals surface area (Å²) in [5, 5.41) is 2.64. The number of pyridine rings is 1. The topological polar surface area (TPSA) is 51.2 Å². The molecule has 1 aromatic heterocycles. The largest absolute Gasteiger partial charge is 0.494 e. The Kier molecular flexibility index (Phi) is 5.78. The van der Waals surface area contributed by atoms with E-state index in [-0.39, 0.29) is 11.3 Å². The van der Waals surface area contributed by atoms with E-state index in [2.05, 4.69) is 10.3 Å². The van der Waals surface area contributed by atoms with Gasteiger partial charge in [0.2, 0.25) is 0 Å². The Hall–Kier alpha value is -2.57. The number of nitrogens with one attached hydrogen (secondary N) is 1. The van der Waals surface area contributed by atoms with E-state index in [1.165, 1.54) is 6.92 Å². The van der Waals surface area contributed by atoms with Crippen molar-refractivity contribution in [3.05, 3.63) is 59.4 Å². The number of amides is 1. The van der Waals surface area contributed by atoms with E-state index in [1.807, 2.05) is 30.3 Å². The zero-order valence-corrected chi connectivity index (χ0v) is 13.1. The van der Waals surface area contributed by atoms with Crippen molar-refractivity contribution >= 4 is 5.91 Å². The molecule has 1 N–H and O–H groups in total. The summed E-state index contributed by atoms with van der Waals surface area (Å²) in [5.41, 5.74) is -0.831. The predicted octanol–water partition coefficient (Wildman–Crippen LogP) is 3.61. The SMILES string of the molecule is Cc1nc(C(F)(F)F)ccc1C(=O)NCCCOc1ccccc1. The molecular formula is C17H17F3N2O2. The van der Waals surface area contributed by atoms with Crippen molar-refractivity contribution in [2.75, 3.05) is 13.2 Å². The molecule has 0 saturated carbocycles. The van der Waals surface area contributed by atoms with Gasteiger partial charge in [-0.3, -0.25) is 4.79 Å². The maximum Gasteiger partial charge on any atom is 0.433 e. The second kappa shape index (κ2) is 7.81. The summed E-state index contributed by atoms with van der Waals surface area (Å²) in [7, 11) is 0. The Morgan fingerprint density at radius 3 is 2.50 bits per heavy atom. The van der Waals surface area contributed by atoms with Crippen LogP contribution in [0.2, 0.25) is 0 Å². The average Bonchev–Trinajstić information content (AvgIpc) is 2.54. The van der Waals surface area contributed by atoms with Crippen LogP contribution in [-0.4, -0.2) is 24.0 Å². The van der Waals surface area contributed by atoms with Crippen LogP contribution in [0.25, 0.3) is 0 Å². The van der Waals surface area contributed by atoms with E-state index < -0.39 is 17.8 Å². The molecule has 24 heavy (non-hydrogen) atoms. The van der Waals surface area contributed by atoms with Gasteiger partial charge in [-0.15, -0.1) is 0 Å². The lowest BCUT2D eigenvalue weighted by Crippen LogP contribution is -2.27. The van der Waals surface area contributed by atoms with Crippen molar-refractivity contribution < 1.29 is 22.7 Å². The summed E-state index contributed by atoms with van der Waals surface area (Å²) in [6.45, 7) is 2.16. The van der Waals surface area contributed by atoms with E-state index in [9.17, 15) is 18.0 Å². The number of rotatable bonds is 6. The van der Waals surface area contributed by atoms with E-state index in [0.29, 0.717) is 19.6 Å². The van der Waals surface area contributed by atoms with E-state index >= 15 is 0 Å². The van der Waals surface area contributed by atoms with Gasteiger partial charge in [0, 0.05) is 6.54 Å². The van der Waals surface area contributed by atoms with Crippen molar-refractivity contribution in [2.45, 2.75) is 19.5 Å². The van der Waals surface area contributed by atoms with Gasteiger partial charge < -0.3 is 10.1 Å². The number of para-hydroxylation sites is 1. The Morgan fingerprint density at radius 1 is 1.17 bits per heavy atom. The van der Waals surface area contributed by atoms with Crippen LogP contribution in [0.15, 0.2) is 42.5 Å². The Labute approximate surface area is 137 Å². The van der Waals surface area contributed by atoms with E-state index in [4.69, 9.17) is 4.74 Å². The Morgan fingerprint density at radius 2 is 1.88 bits per heavy atom. The molecule has 2 aromatic rings. The number of hydrogen-bond acceptors (Lipinski definition) is 3. The van der Waals surface area contributed by atoms with Crippen LogP contribution in [0.1, 0.15) is 28.2 Å². The zero-order valence-electron chi connectivity index (χ0n) is 13.1. The molecule has 0 spiro atoms. The first-order valence-electron chi connectivity index (χ1n) is 7.39. The minimum atomic E-state index is -4.52. The first-order valence-corrected chi connectivity index (χ1v) is 7.39. The number of hydrogen-bond donors (Lipinski definition) is 1. The molecule has 1 heterocycles. The number of nitrogens with zero attached hydrogens (tertiary/aromatic N) is 1. The molecule has 0 atom stereocenters. The molecule has 0 fully saturated rings. The number of alkyl halides is 3. The van der Waals surface area contributed by atoms with Gasteiger partial charge >= 0.3 is 6.18 Å². The molecule has 128 valence electrons. The van der Waals surface area contributed by atoms with Crippen molar-refractivity contribution in [3.8, 4) is 5.75 Å². The minimum absolute atomic E-state index is 0.0443. The fourth-order valence-corrected chi connectivity index (χ4v) is 2.03. The highest BCUT2D eigenvalue weighted by Crippen LogP contribution is 2.28. The highest BCUT2D eigenvalue weighted by molar-refractivity contribution is 5.95.